The van der Waals surface area contributed by atoms with Crippen LogP contribution in [0, 0.1) is 13.8 Å². The fraction of sp³-hybridized carbons (Fsp3) is 0.368. The molecule has 0 spiro atoms. The van der Waals surface area contributed by atoms with Crippen LogP contribution in [0.4, 0.5) is 0 Å². The standard InChI is InChI=1S/C19H24N2O4/c1-5-21(11-17(23)14-7-6-8-15(22)10-14)19(25)16-9-12(2)13(3)20(4)18(16)24/h6-10,17,22-23H,5,11H2,1-4H3. The zero-order valence-electron chi connectivity index (χ0n) is 15.0. The maximum absolute atomic E-state index is 12.8. The molecule has 1 atom stereocenters. The van der Waals surface area contributed by atoms with Crippen LogP contribution in [0.25, 0.3) is 0 Å². The number of hydrogen-bond donors (Lipinski definition) is 2. The van der Waals surface area contributed by atoms with E-state index in [2.05, 4.69) is 0 Å². The van der Waals surface area contributed by atoms with Gasteiger partial charge in [-0.05, 0) is 50.1 Å². The smallest absolute Gasteiger partial charge is 0.263 e. The summed E-state index contributed by atoms with van der Waals surface area (Å²) < 4.78 is 1.46. The number of benzene rings is 1. The lowest BCUT2D eigenvalue weighted by Crippen LogP contribution is -2.39. The number of hydrogen-bond acceptors (Lipinski definition) is 4. The first-order chi connectivity index (χ1) is 11.8. The van der Waals surface area contributed by atoms with Crippen LogP contribution in [0.3, 0.4) is 0 Å². The quantitative estimate of drug-likeness (QED) is 0.868. The monoisotopic (exact) mass is 344 g/mol. The van der Waals surface area contributed by atoms with E-state index in [1.54, 1.807) is 32.2 Å². The van der Waals surface area contributed by atoms with Gasteiger partial charge in [0.15, 0.2) is 0 Å². The summed E-state index contributed by atoms with van der Waals surface area (Å²) in [5, 5.41) is 19.9. The van der Waals surface area contributed by atoms with E-state index in [9.17, 15) is 19.8 Å². The van der Waals surface area contributed by atoms with E-state index >= 15 is 0 Å². The van der Waals surface area contributed by atoms with E-state index in [0.29, 0.717) is 12.1 Å². The zero-order chi connectivity index (χ0) is 18.7. The number of carbonyl (C=O) groups excluding carboxylic acids is 1. The number of rotatable bonds is 5. The fourth-order valence-corrected chi connectivity index (χ4v) is 2.71. The summed E-state index contributed by atoms with van der Waals surface area (Å²) in [7, 11) is 1.64. The highest BCUT2D eigenvalue weighted by molar-refractivity contribution is 5.94. The van der Waals surface area contributed by atoms with E-state index in [4.69, 9.17) is 0 Å². The van der Waals surface area contributed by atoms with Gasteiger partial charge in [-0.3, -0.25) is 9.59 Å². The number of pyridine rings is 1. The number of aliphatic hydroxyl groups is 1. The number of aromatic hydroxyl groups is 1. The Morgan fingerprint density at radius 2 is 1.96 bits per heavy atom. The Hall–Kier alpha value is -2.60. The van der Waals surface area contributed by atoms with Crippen molar-refractivity contribution in [2.45, 2.75) is 26.9 Å². The van der Waals surface area contributed by atoms with Crippen LogP contribution < -0.4 is 5.56 Å². The summed E-state index contributed by atoms with van der Waals surface area (Å²) >= 11 is 0. The van der Waals surface area contributed by atoms with Crippen LogP contribution in [0.1, 0.15) is 40.2 Å². The Kier molecular flexibility index (Phi) is 5.64. The second-order valence-electron chi connectivity index (χ2n) is 6.15. The fourth-order valence-electron chi connectivity index (χ4n) is 2.71. The second kappa shape index (κ2) is 7.53. The molecule has 1 amide bonds. The highest BCUT2D eigenvalue weighted by atomic mass is 16.3. The number of phenols is 1. The van der Waals surface area contributed by atoms with Crippen molar-refractivity contribution >= 4 is 5.91 Å². The molecule has 0 aliphatic heterocycles. The molecule has 25 heavy (non-hydrogen) atoms. The molecule has 0 saturated heterocycles. The van der Waals surface area contributed by atoms with E-state index in [-0.39, 0.29) is 23.4 Å². The number of nitrogens with zero attached hydrogens (tertiary/aromatic N) is 2. The van der Waals surface area contributed by atoms with E-state index in [1.807, 2.05) is 13.8 Å². The van der Waals surface area contributed by atoms with Crippen molar-refractivity contribution in [3.63, 3.8) is 0 Å². The molecule has 0 saturated carbocycles. The highest BCUT2D eigenvalue weighted by Gasteiger charge is 2.22. The summed E-state index contributed by atoms with van der Waals surface area (Å²) in [5.74, 6) is -0.362. The second-order valence-corrected chi connectivity index (χ2v) is 6.15. The van der Waals surface area contributed by atoms with Crippen LogP contribution in [0.15, 0.2) is 35.1 Å². The summed E-state index contributed by atoms with van der Waals surface area (Å²) in [6, 6.07) is 7.88. The Bertz CT molecular complexity index is 842. The van der Waals surface area contributed by atoms with Gasteiger partial charge in [-0.15, -0.1) is 0 Å². The number of amides is 1. The average Bonchev–Trinajstić information content (AvgIpc) is 2.60. The predicted molar refractivity (Wildman–Crippen MR) is 95.8 cm³/mol. The molecule has 0 radical (unpaired) electrons. The lowest BCUT2D eigenvalue weighted by atomic mass is 10.1. The summed E-state index contributed by atoms with van der Waals surface area (Å²) in [6.45, 7) is 5.86. The molecule has 6 heteroatoms. The molecular weight excluding hydrogens is 320 g/mol. The van der Waals surface area contributed by atoms with E-state index < -0.39 is 12.0 Å². The molecule has 0 aliphatic carbocycles. The number of aromatic nitrogens is 1. The summed E-state index contributed by atoms with van der Waals surface area (Å²) in [6.07, 6.45) is -0.952. The summed E-state index contributed by atoms with van der Waals surface area (Å²) in [5.41, 5.74) is 1.92. The van der Waals surface area contributed by atoms with Crippen LogP contribution in [0.2, 0.25) is 0 Å². The molecule has 1 heterocycles. The van der Waals surface area contributed by atoms with E-state index in [0.717, 1.165) is 11.3 Å². The van der Waals surface area contributed by atoms with Gasteiger partial charge in [-0.1, -0.05) is 12.1 Å². The molecule has 0 aliphatic rings. The van der Waals surface area contributed by atoms with Crippen LogP contribution in [-0.4, -0.2) is 38.7 Å². The first-order valence-corrected chi connectivity index (χ1v) is 8.19. The van der Waals surface area contributed by atoms with Crippen LogP contribution >= 0.6 is 0 Å². The Balaban J connectivity index is 2.29. The van der Waals surface area contributed by atoms with Crippen molar-refractivity contribution in [1.82, 2.24) is 9.47 Å². The minimum atomic E-state index is -0.952. The van der Waals surface area contributed by atoms with Gasteiger partial charge < -0.3 is 19.7 Å². The van der Waals surface area contributed by atoms with Gasteiger partial charge >= 0.3 is 0 Å². The molecule has 2 rings (SSSR count). The van der Waals surface area contributed by atoms with Gasteiger partial charge in [0.25, 0.3) is 11.5 Å². The maximum atomic E-state index is 12.8. The van der Waals surface area contributed by atoms with Crippen molar-refractivity contribution in [1.29, 1.82) is 0 Å². The molecule has 6 nitrogen and oxygen atoms in total. The van der Waals surface area contributed by atoms with Crippen LogP contribution in [-0.2, 0) is 7.05 Å². The molecule has 1 unspecified atom stereocenters. The van der Waals surface area contributed by atoms with E-state index in [1.165, 1.54) is 21.6 Å². The molecule has 2 N–H and O–H groups in total. The number of carbonyl (C=O) groups is 1. The van der Waals surface area contributed by atoms with Gasteiger partial charge in [0.05, 0.1) is 12.6 Å². The molecule has 0 bridgehead atoms. The minimum absolute atomic E-state index is 0.0366. The van der Waals surface area contributed by atoms with Gasteiger partial charge in [-0.25, -0.2) is 0 Å². The molecule has 2 aromatic rings. The lowest BCUT2D eigenvalue weighted by Gasteiger charge is -2.24. The highest BCUT2D eigenvalue weighted by Crippen LogP contribution is 2.20. The number of phenolic OH excluding ortho intramolecular Hbond substituents is 1. The maximum Gasteiger partial charge on any atom is 0.263 e. The average molecular weight is 344 g/mol. The number of aliphatic hydroxyl groups excluding tert-OH is 1. The Morgan fingerprint density at radius 3 is 2.56 bits per heavy atom. The lowest BCUT2D eigenvalue weighted by molar-refractivity contribution is 0.0632. The van der Waals surface area contributed by atoms with Gasteiger partial charge in [0.1, 0.15) is 11.3 Å². The first kappa shape index (κ1) is 18.7. The van der Waals surface area contributed by atoms with Crippen molar-refractivity contribution in [2.75, 3.05) is 13.1 Å². The third kappa shape index (κ3) is 3.91. The Morgan fingerprint density at radius 1 is 1.28 bits per heavy atom. The molecule has 1 aromatic heterocycles. The number of aryl methyl sites for hydroxylation is 1. The summed E-state index contributed by atoms with van der Waals surface area (Å²) in [4.78, 5) is 26.7. The first-order valence-electron chi connectivity index (χ1n) is 8.19. The largest absolute Gasteiger partial charge is 0.508 e. The third-order valence-corrected chi connectivity index (χ3v) is 4.52. The molecule has 1 aromatic carbocycles. The molecule has 134 valence electrons. The topological polar surface area (TPSA) is 82.8 Å². The minimum Gasteiger partial charge on any atom is -0.508 e. The van der Waals surface area contributed by atoms with Crippen LogP contribution in [0.5, 0.6) is 5.75 Å². The van der Waals surface area contributed by atoms with Gasteiger partial charge in [0.2, 0.25) is 0 Å². The normalized spacial score (nSPS) is 12.0. The SMILES string of the molecule is CCN(CC(O)c1cccc(O)c1)C(=O)c1cc(C)c(C)n(C)c1=O. The van der Waals surface area contributed by atoms with Gasteiger partial charge in [0, 0.05) is 19.3 Å². The van der Waals surface area contributed by atoms with Crippen molar-refractivity contribution in [2.24, 2.45) is 7.05 Å². The van der Waals surface area contributed by atoms with Crippen molar-refractivity contribution < 1.29 is 15.0 Å². The van der Waals surface area contributed by atoms with Crippen molar-refractivity contribution in [3.8, 4) is 5.75 Å². The third-order valence-electron chi connectivity index (χ3n) is 4.52. The molecular formula is C19H24N2O4. The predicted octanol–water partition coefficient (Wildman–Crippen LogP) is 1.90. The zero-order valence-corrected chi connectivity index (χ0v) is 15.0. The van der Waals surface area contributed by atoms with Crippen molar-refractivity contribution in [3.05, 3.63) is 63.1 Å². The van der Waals surface area contributed by atoms with Gasteiger partial charge in [-0.2, -0.15) is 0 Å². The molecule has 0 fully saturated rings. The number of likely N-dealkylation sites (N-methyl/N-ethyl adjacent to an activating group) is 1. The Labute approximate surface area is 147 Å².